The van der Waals surface area contributed by atoms with Crippen LogP contribution in [0.1, 0.15) is 35.0 Å². The largest absolute Gasteiger partial charge is 0.287 e. The van der Waals surface area contributed by atoms with Gasteiger partial charge in [0.1, 0.15) is 5.69 Å². The summed E-state index contributed by atoms with van der Waals surface area (Å²) in [5.41, 5.74) is 2.35. The monoisotopic (exact) mass is 306 g/mol. The summed E-state index contributed by atoms with van der Waals surface area (Å²) in [5, 5.41) is 4.23. The van der Waals surface area contributed by atoms with Crippen molar-refractivity contribution in [3.05, 3.63) is 51.8 Å². The lowest BCUT2D eigenvalue weighted by Gasteiger charge is -2.08. The van der Waals surface area contributed by atoms with Crippen molar-refractivity contribution in [2.75, 3.05) is 0 Å². The molecule has 0 saturated carbocycles. The minimum Gasteiger partial charge on any atom is -0.287 e. The maximum atomic E-state index is 12.6. The van der Waals surface area contributed by atoms with Crippen LogP contribution in [0.4, 0.5) is 0 Å². The van der Waals surface area contributed by atoms with E-state index in [1.54, 1.807) is 10.9 Å². The Morgan fingerprint density at radius 3 is 2.78 bits per heavy atom. The van der Waals surface area contributed by atoms with E-state index < -0.39 is 0 Å². The van der Waals surface area contributed by atoms with Crippen molar-refractivity contribution in [2.45, 2.75) is 26.8 Å². The van der Waals surface area contributed by atoms with Crippen LogP contribution in [-0.2, 0) is 6.54 Å². The van der Waals surface area contributed by atoms with Crippen LogP contribution in [-0.4, -0.2) is 15.6 Å². The quantitative estimate of drug-likeness (QED) is 0.809. The molecule has 1 aromatic carbocycles. The van der Waals surface area contributed by atoms with Crippen molar-refractivity contribution in [2.24, 2.45) is 0 Å². The van der Waals surface area contributed by atoms with Crippen LogP contribution in [0, 0.1) is 6.92 Å². The number of benzene rings is 1. The first-order valence-corrected chi connectivity index (χ1v) is 6.76. The second-order valence-electron chi connectivity index (χ2n) is 4.21. The standard InChI is InChI=1S/C14H15BrN2O/c1-3-8-17-13(12(15)9-16-17)14(18)11-7-5-4-6-10(11)2/h4-7,9H,3,8H2,1-2H3. The number of aromatic nitrogens is 2. The molecule has 0 atom stereocenters. The average Bonchev–Trinajstić information content (AvgIpc) is 2.71. The van der Waals surface area contributed by atoms with Crippen LogP contribution in [0.3, 0.4) is 0 Å². The lowest BCUT2D eigenvalue weighted by molar-refractivity contribution is 0.102. The van der Waals surface area contributed by atoms with E-state index in [0.29, 0.717) is 5.69 Å². The number of ketones is 1. The molecule has 0 amide bonds. The van der Waals surface area contributed by atoms with Crippen LogP contribution >= 0.6 is 15.9 Å². The van der Waals surface area contributed by atoms with E-state index in [-0.39, 0.29) is 5.78 Å². The third kappa shape index (κ3) is 2.38. The Morgan fingerprint density at radius 1 is 1.39 bits per heavy atom. The van der Waals surface area contributed by atoms with Gasteiger partial charge in [-0.2, -0.15) is 5.10 Å². The first-order valence-electron chi connectivity index (χ1n) is 5.96. The number of hydrogen-bond donors (Lipinski definition) is 0. The van der Waals surface area contributed by atoms with Gasteiger partial charge in [-0.1, -0.05) is 31.2 Å². The molecule has 0 N–H and O–H groups in total. The lowest BCUT2D eigenvalue weighted by Crippen LogP contribution is -2.13. The molecule has 0 unspecified atom stereocenters. The van der Waals surface area contributed by atoms with Crippen molar-refractivity contribution >= 4 is 21.7 Å². The highest BCUT2D eigenvalue weighted by Crippen LogP contribution is 2.21. The number of aryl methyl sites for hydroxylation is 2. The second kappa shape index (κ2) is 5.48. The number of carbonyl (C=O) groups is 1. The van der Waals surface area contributed by atoms with Gasteiger partial charge in [-0.05, 0) is 34.8 Å². The van der Waals surface area contributed by atoms with Crippen molar-refractivity contribution in [1.82, 2.24) is 9.78 Å². The fraction of sp³-hybridized carbons (Fsp3) is 0.286. The molecule has 0 aliphatic carbocycles. The highest BCUT2D eigenvalue weighted by Gasteiger charge is 2.19. The van der Waals surface area contributed by atoms with E-state index in [0.717, 1.165) is 28.6 Å². The number of carbonyl (C=O) groups excluding carboxylic acids is 1. The maximum Gasteiger partial charge on any atom is 0.212 e. The van der Waals surface area contributed by atoms with Gasteiger partial charge in [0.2, 0.25) is 5.78 Å². The zero-order valence-corrected chi connectivity index (χ0v) is 12.1. The summed E-state index contributed by atoms with van der Waals surface area (Å²) in [5.74, 6) is 0.0194. The third-order valence-corrected chi connectivity index (χ3v) is 3.42. The van der Waals surface area contributed by atoms with Crippen LogP contribution < -0.4 is 0 Å². The lowest BCUT2D eigenvalue weighted by atomic mass is 10.0. The molecule has 18 heavy (non-hydrogen) atoms. The van der Waals surface area contributed by atoms with E-state index in [2.05, 4.69) is 28.0 Å². The summed E-state index contributed by atoms with van der Waals surface area (Å²) in [6, 6.07) is 7.62. The minimum absolute atomic E-state index is 0.0194. The van der Waals surface area contributed by atoms with Gasteiger partial charge in [0.05, 0.1) is 10.7 Å². The SMILES string of the molecule is CCCn1ncc(Br)c1C(=O)c1ccccc1C. The molecular formula is C14H15BrN2O. The van der Waals surface area contributed by atoms with Crippen molar-refractivity contribution in [3.8, 4) is 0 Å². The molecule has 1 aromatic heterocycles. The van der Waals surface area contributed by atoms with Crippen LogP contribution in [0.25, 0.3) is 0 Å². The smallest absolute Gasteiger partial charge is 0.212 e. The molecule has 0 radical (unpaired) electrons. The highest BCUT2D eigenvalue weighted by atomic mass is 79.9. The average molecular weight is 307 g/mol. The Hall–Kier alpha value is -1.42. The molecule has 0 fully saturated rings. The molecule has 94 valence electrons. The summed E-state index contributed by atoms with van der Waals surface area (Å²) < 4.78 is 2.52. The van der Waals surface area contributed by atoms with Gasteiger partial charge < -0.3 is 0 Å². The molecule has 0 bridgehead atoms. The molecule has 2 aromatic rings. The molecule has 4 heteroatoms. The summed E-state index contributed by atoms with van der Waals surface area (Å²) in [7, 11) is 0. The van der Waals surface area contributed by atoms with Crippen LogP contribution in [0.5, 0.6) is 0 Å². The van der Waals surface area contributed by atoms with E-state index >= 15 is 0 Å². The predicted molar refractivity (Wildman–Crippen MR) is 74.8 cm³/mol. The van der Waals surface area contributed by atoms with E-state index in [4.69, 9.17) is 0 Å². The minimum atomic E-state index is 0.0194. The fourth-order valence-electron chi connectivity index (χ4n) is 1.92. The van der Waals surface area contributed by atoms with E-state index in [1.165, 1.54) is 0 Å². The zero-order valence-electron chi connectivity index (χ0n) is 10.5. The van der Waals surface area contributed by atoms with E-state index in [1.807, 2.05) is 31.2 Å². The second-order valence-corrected chi connectivity index (χ2v) is 5.06. The Balaban J connectivity index is 2.46. The third-order valence-electron chi connectivity index (χ3n) is 2.83. The summed E-state index contributed by atoms with van der Waals surface area (Å²) in [6.45, 7) is 4.76. The van der Waals surface area contributed by atoms with Gasteiger partial charge in [0, 0.05) is 12.1 Å². The molecule has 1 heterocycles. The zero-order chi connectivity index (χ0) is 13.1. The van der Waals surface area contributed by atoms with Gasteiger partial charge in [-0.3, -0.25) is 9.48 Å². The van der Waals surface area contributed by atoms with Crippen molar-refractivity contribution in [3.63, 3.8) is 0 Å². The first-order chi connectivity index (χ1) is 8.65. The van der Waals surface area contributed by atoms with Crippen LogP contribution in [0.15, 0.2) is 34.9 Å². The Bertz CT molecular complexity index is 575. The summed E-state index contributed by atoms with van der Waals surface area (Å²) in [4.78, 5) is 12.6. The normalized spacial score (nSPS) is 10.6. The number of nitrogens with zero attached hydrogens (tertiary/aromatic N) is 2. The molecule has 0 aliphatic rings. The highest BCUT2D eigenvalue weighted by molar-refractivity contribution is 9.10. The predicted octanol–water partition coefficient (Wildman–Crippen LogP) is 3.60. The van der Waals surface area contributed by atoms with Gasteiger partial charge in [0.25, 0.3) is 0 Å². The van der Waals surface area contributed by atoms with Gasteiger partial charge in [0.15, 0.2) is 0 Å². The van der Waals surface area contributed by atoms with E-state index in [9.17, 15) is 4.79 Å². The summed E-state index contributed by atoms with van der Waals surface area (Å²) >= 11 is 3.41. The topological polar surface area (TPSA) is 34.9 Å². The number of halogens is 1. The van der Waals surface area contributed by atoms with Crippen molar-refractivity contribution in [1.29, 1.82) is 0 Å². The van der Waals surface area contributed by atoms with Crippen LogP contribution in [0.2, 0.25) is 0 Å². The molecular weight excluding hydrogens is 292 g/mol. The van der Waals surface area contributed by atoms with Gasteiger partial charge in [-0.15, -0.1) is 0 Å². The van der Waals surface area contributed by atoms with Gasteiger partial charge in [-0.25, -0.2) is 0 Å². The fourth-order valence-corrected chi connectivity index (χ4v) is 2.40. The molecule has 0 spiro atoms. The number of hydrogen-bond acceptors (Lipinski definition) is 2. The Morgan fingerprint density at radius 2 is 2.11 bits per heavy atom. The molecule has 3 nitrogen and oxygen atoms in total. The summed E-state index contributed by atoms with van der Waals surface area (Å²) in [6.07, 6.45) is 2.63. The first kappa shape index (κ1) is 13.0. The molecule has 0 aliphatic heterocycles. The Kier molecular flexibility index (Phi) is 3.97. The maximum absolute atomic E-state index is 12.6. The van der Waals surface area contributed by atoms with Crippen molar-refractivity contribution < 1.29 is 4.79 Å². The Labute approximate surface area is 115 Å². The number of rotatable bonds is 4. The molecule has 0 saturated heterocycles. The van der Waals surface area contributed by atoms with Gasteiger partial charge >= 0.3 is 0 Å². The molecule has 2 rings (SSSR count).